The maximum absolute atomic E-state index is 3.83. The van der Waals surface area contributed by atoms with Crippen LogP contribution in [0.1, 0.15) is 40.0 Å². The highest BCUT2D eigenvalue weighted by molar-refractivity contribution is 4.83. The van der Waals surface area contributed by atoms with Crippen LogP contribution in [0.2, 0.25) is 0 Å². The highest BCUT2D eigenvalue weighted by Crippen LogP contribution is 2.18. The summed E-state index contributed by atoms with van der Waals surface area (Å²) in [5.74, 6) is 0. The Labute approximate surface area is 94.7 Å². The molecule has 1 aliphatic carbocycles. The van der Waals surface area contributed by atoms with E-state index in [1.54, 1.807) is 0 Å². The van der Waals surface area contributed by atoms with Crippen LogP contribution in [0, 0.1) is 0 Å². The molecule has 0 amide bonds. The summed E-state index contributed by atoms with van der Waals surface area (Å²) >= 11 is 0. The van der Waals surface area contributed by atoms with Gasteiger partial charge in [0, 0.05) is 24.7 Å². The molecule has 0 aromatic heterocycles. The molecule has 1 aliphatic rings. The van der Waals surface area contributed by atoms with Gasteiger partial charge in [0.15, 0.2) is 0 Å². The Morgan fingerprint density at radius 2 is 2.07 bits per heavy atom. The van der Waals surface area contributed by atoms with E-state index in [1.165, 1.54) is 19.3 Å². The highest BCUT2D eigenvalue weighted by Gasteiger charge is 2.21. The Morgan fingerprint density at radius 1 is 1.40 bits per heavy atom. The quantitative estimate of drug-likeness (QED) is 0.619. The summed E-state index contributed by atoms with van der Waals surface area (Å²) in [6.45, 7) is 12.8. The monoisotopic (exact) mass is 210 g/mol. The normalized spacial score (nSPS) is 18.5. The van der Waals surface area contributed by atoms with E-state index in [-0.39, 0.29) is 0 Å². The second-order valence-corrected chi connectivity index (χ2v) is 4.95. The minimum Gasteiger partial charge on any atom is -0.314 e. The van der Waals surface area contributed by atoms with Gasteiger partial charge in [0.25, 0.3) is 0 Å². The van der Waals surface area contributed by atoms with Crippen molar-refractivity contribution in [3.63, 3.8) is 0 Å². The van der Waals surface area contributed by atoms with Gasteiger partial charge < -0.3 is 5.32 Å². The lowest BCUT2D eigenvalue weighted by Crippen LogP contribution is -2.40. The molecular weight excluding hydrogens is 184 g/mol. The standard InChI is InChI=1S/C13H26N2/c1-5-10-15(11(2)3)12(4)8-9-14-13-6-7-13/h5,11-14H,1,6-10H2,2-4H3. The molecule has 15 heavy (non-hydrogen) atoms. The molecule has 1 rings (SSSR count). The third-order valence-electron chi connectivity index (χ3n) is 3.14. The summed E-state index contributed by atoms with van der Waals surface area (Å²) in [6, 6.07) is 2.09. The van der Waals surface area contributed by atoms with Crippen molar-refractivity contribution in [1.29, 1.82) is 0 Å². The van der Waals surface area contributed by atoms with Crippen LogP contribution in [0.4, 0.5) is 0 Å². The van der Waals surface area contributed by atoms with E-state index < -0.39 is 0 Å². The second kappa shape index (κ2) is 6.29. The molecular formula is C13H26N2. The van der Waals surface area contributed by atoms with Crippen molar-refractivity contribution in [2.75, 3.05) is 13.1 Å². The fourth-order valence-corrected chi connectivity index (χ4v) is 2.00. The first-order chi connectivity index (χ1) is 7.15. The number of nitrogens with zero attached hydrogens (tertiary/aromatic N) is 1. The van der Waals surface area contributed by atoms with Crippen LogP contribution in [-0.4, -0.2) is 36.1 Å². The first-order valence-electron chi connectivity index (χ1n) is 6.25. The van der Waals surface area contributed by atoms with Gasteiger partial charge in [-0.1, -0.05) is 6.08 Å². The van der Waals surface area contributed by atoms with Crippen molar-refractivity contribution < 1.29 is 0 Å². The van der Waals surface area contributed by atoms with Gasteiger partial charge in [0.1, 0.15) is 0 Å². The van der Waals surface area contributed by atoms with Crippen LogP contribution in [-0.2, 0) is 0 Å². The van der Waals surface area contributed by atoms with E-state index in [0.717, 1.165) is 19.1 Å². The maximum atomic E-state index is 3.83. The van der Waals surface area contributed by atoms with E-state index in [2.05, 4.69) is 37.6 Å². The first kappa shape index (κ1) is 12.7. The minimum absolute atomic E-state index is 0.610. The molecule has 0 radical (unpaired) electrons. The number of hydrogen-bond acceptors (Lipinski definition) is 2. The summed E-state index contributed by atoms with van der Waals surface area (Å²) < 4.78 is 0. The molecule has 1 fully saturated rings. The van der Waals surface area contributed by atoms with Crippen molar-refractivity contribution in [2.45, 2.75) is 58.2 Å². The molecule has 88 valence electrons. The van der Waals surface area contributed by atoms with E-state index in [1.807, 2.05) is 6.08 Å². The second-order valence-electron chi connectivity index (χ2n) is 4.95. The Bertz CT molecular complexity index is 185. The topological polar surface area (TPSA) is 15.3 Å². The van der Waals surface area contributed by atoms with Gasteiger partial charge in [0.2, 0.25) is 0 Å². The van der Waals surface area contributed by atoms with Gasteiger partial charge in [-0.25, -0.2) is 0 Å². The van der Waals surface area contributed by atoms with Gasteiger partial charge in [-0.05, 0) is 46.6 Å². The van der Waals surface area contributed by atoms with Crippen LogP contribution in [0.25, 0.3) is 0 Å². The molecule has 2 heteroatoms. The Kier molecular flexibility index (Phi) is 5.34. The Morgan fingerprint density at radius 3 is 2.53 bits per heavy atom. The largest absolute Gasteiger partial charge is 0.314 e. The zero-order valence-electron chi connectivity index (χ0n) is 10.5. The minimum atomic E-state index is 0.610. The molecule has 0 aromatic carbocycles. The molecule has 0 spiro atoms. The summed E-state index contributed by atoms with van der Waals surface area (Å²) in [4.78, 5) is 2.50. The summed E-state index contributed by atoms with van der Waals surface area (Å²) in [6.07, 6.45) is 6.01. The lowest BCUT2D eigenvalue weighted by molar-refractivity contribution is 0.175. The number of hydrogen-bond donors (Lipinski definition) is 1. The van der Waals surface area contributed by atoms with Crippen LogP contribution in [0.3, 0.4) is 0 Å². The van der Waals surface area contributed by atoms with Crippen molar-refractivity contribution in [3.05, 3.63) is 12.7 Å². The zero-order chi connectivity index (χ0) is 11.3. The third kappa shape index (κ3) is 4.80. The average molecular weight is 210 g/mol. The van der Waals surface area contributed by atoms with Gasteiger partial charge in [-0.15, -0.1) is 6.58 Å². The fraction of sp³-hybridized carbons (Fsp3) is 0.846. The molecule has 0 heterocycles. The first-order valence-corrected chi connectivity index (χ1v) is 6.25. The van der Waals surface area contributed by atoms with Crippen molar-refractivity contribution in [2.24, 2.45) is 0 Å². The zero-order valence-corrected chi connectivity index (χ0v) is 10.5. The Balaban J connectivity index is 2.20. The van der Waals surface area contributed by atoms with Crippen molar-refractivity contribution in [1.82, 2.24) is 10.2 Å². The van der Waals surface area contributed by atoms with E-state index in [4.69, 9.17) is 0 Å². The molecule has 0 saturated heterocycles. The number of rotatable bonds is 8. The van der Waals surface area contributed by atoms with Gasteiger partial charge >= 0.3 is 0 Å². The van der Waals surface area contributed by atoms with Gasteiger partial charge in [-0.2, -0.15) is 0 Å². The smallest absolute Gasteiger partial charge is 0.0166 e. The summed E-state index contributed by atoms with van der Waals surface area (Å²) in [7, 11) is 0. The molecule has 1 N–H and O–H groups in total. The fourth-order valence-electron chi connectivity index (χ4n) is 2.00. The molecule has 2 nitrogen and oxygen atoms in total. The van der Waals surface area contributed by atoms with Crippen LogP contribution in [0.5, 0.6) is 0 Å². The van der Waals surface area contributed by atoms with Gasteiger partial charge in [0.05, 0.1) is 0 Å². The predicted octanol–water partition coefficient (Wildman–Crippen LogP) is 2.41. The SMILES string of the molecule is C=CCN(C(C)C)C(C)CCNC1CC1. The average Bonchev–Trinajstić information content (AvgIpc) is 2.97. The van der Waals surface area contributed by atoms with Gasteiger partial charge in [-0.3, -0.25) is 4.90 Å². The molecule has 1 atom stereocenters. The lowest BCUT2D eigenvalue weighted by atomic mass is 10.1. The molecule has 1 saturated carbocycles. The van der Waals surface area contributed by atoms with Crippen LogP contribution >= 0.6 is 0 Å². The molecule has 0 bridgehead atoms. The molecule has 1 unspecified atom stereocenters. The van der Waals surface area contributed by atoms with E-state index >= 15 is 0 Å². The third-order valence-corrected chi connectivity index (χ3v) is 3.14. The summed E-state index contributed by atoms with van der Waals surface area (Å²) in [5.41, 5.74) is 0. The van der Waals surface area contributed by atoms with Crippen molar-refractivity contribution in [3.8, 4) is 0 Å². The van der Waals surface area contributed by atoms with E-state index in [9.17, 15) is 0 Å². The lowest BCUT2D eigenvalue weighted by Gasteiger charge is -2.31. The molecule has 0 aliphatic heterocycles. The maximum Gasteiger partial charge on any atom is 0.0166 e. The highest BCUT2D eigenvalue weighted by atomic mass is 15.2. The molecule has 0 aromatic rings. The van der Waals surface area contributed by atoms with Crippen LogP contribution in [0.15, 0.2) is 12.7 Å². The Hall–Kier alpha value is -0.340. The number of nitrogens with one attached hydrogen (secondary N) is 1. The van der Waals surface area contributed by atoms with E-state index in [0.29, 0.717) is 12.1 Å². The predicted molar refractivity (Wildman–Crippen MR) is 67.1 cm³/mol. The van der Waals surface area contributed by atoms with Crippen LogP contribution < -0.4 is 5.32 Å². The summed E-state index contributed by atoms with van der Waals surface area (Å²) in [5, 5.41) is 3.57. The van der Waals surface area contributed by atoms with Crippen molar-refractivity contribution >= 4 is 0 Å².